The summed E-state index contributed by atoms with van der Waals surface area (Å²) < 4.78 is 0. The Bertz CT molecular complexity index is 424. The van der Waals surface area contributed by atoms with Gasteiger partial charge in [0.2, 0.25) is 5.91 Å². The van der Waals surface area contributed by atoms with E-state index in [9.17, 15) is 4.79 Å². The molecule has 1 aromatic rings. The van der Waals surface area contributed by atoms with Crippen molar-refractivity contribution in [2.24, 2.45) is 5.73 Å². The molecule has 0 bridgehead atoms. The Kier molecular flexibility index (Phi) is 7.84. The minimum absolute atomic E-state index is 0. The van der Waals surface area contributed by atoms with Crippen molar-refractivity contribution in [1.29, 1.82) is 0 Å². The van der Waals surface area contributed by atoms with Gasteiger partial charge in [0.15, 0.2) is 0 Å². The first-order valence-corrected chi connectivity index (χ1v) is 7.00. The van der Waals surface area contributed by atoms with Crippen LogP contribution in [0.25, 0.3) is 0 Å². The van der Waals surface area contributed by atoms with Crippen LogP contribution >= 0.6 is 12.4 Å². The average Bonchev–Trinajstić information content (AvgIpc) is 2.32. The van der Waals surface area contributed by atoms with Crippen LogP contribution in [0.2, 0.25) is 0 Å². The first kappa shape index (κ1) is 18.9. The predicted octanol–water partition coefficient (Wildman–Crippen LogP) is 2.90. The molecule has 0 aromatic heterocycles. The van der Waals surface area contributed by atoms with Gasteiger partial charge < -0.3 is 11.1 Å². The zero-order valence-electron chi connectivity index (χ0n) is 13.0. The molecule has 0 fully saturated rings. The Hall–Kier alpha value is -1.06. The van der Waals surface area contributed by atoms with Gasteiger partial charge in [-0.25, -0.2) is 0 Å². The normalized spacial score (nSPS) is 13.2. The van der Waals surface area contributed by atoms with Crippen LogP contribution in [0, 0.1) is 13.8 Å². The monoisotopic (exact) mass is 298 g/mol. The molecule has 0 aliphatic carbocycles. The van der Waals surface area contributed by atoms with Crippen molar-refractivity contribution >= 4 is 18.3 Å². The first-order chi connectivity index (χ1) is 8.88. The highest BCUT2D eigenvalue weighted by molar-refractivity contribution is 5.85. The van der Waals surface area contributed by atoms with Gasteiger partial charge in [-0.2, -0.15) is 0 Å². The van der Waals surface area contributed by atoms with Crippen LogP contribution in [0.15, 0.2) is 18.2 Å². The van der Waals surface area contributed by atoms with Gasteiger partial charge >= 0.3 is 0 Å². The van der Waals surface area contributed by atoms with Crippen LogP contribution in [-0.4, -0.2) is 18.0 Å². The predicted molar refractivity (Wildman–Crippen MR) is 87.4 cm³/mol. The van der Waals surface area contributed by atoms with E-state index in [1.54, 1.807) is 6.92 Å². The number of benzene rings is 1. The maximum Gasteiger partial charge on any atom is 0.239 e. The molecule has 0 heterocycles. The first-order valence-electron chi connectivity index (χ1n) is 7.00. The Morgan fingerprint density at radius 3 is 2.35 bits per heavy atom. The Labute approximate surface area is 128 Å². The molecule has 1 atom stereocenters. The van der Waals surface area contributed by atoms with Crippen molar-refractivity contribution in [2.75, 3.05) is 6.54 Å². The van der Waals surface area contributed by atoms with E-state index in [-0.39, 0.29) is 18.3 Å². The molecular formula is C16H27ClN2O. The number of rotatable bonds is 6. The molecule has 1 amide bonds. The standard InChI is InChI=1S/C16H26N2O.ClH/c1-5-10-16(4,17)15(19)18-11-9-14-12(2)7-6-8-13(14)3;/h6-8H,5,9-11,17H2,1-4H3,(H,18,19);1H. The molecule has 0 aliphatic rings. The van der Waals surface area contributed by atoms with Gasteiger partial charge in [-0.05, 0) is 50.3 Å². The molecule has 1 aromatic carbocycles. The second-order valence-corrected chi connectivity index (χ2v) is 5.54. The highest BCUT2D eigenvalue weighted by Gasteiger charge is 2.26. The number of hydrogen-bond donors (Lipinski definition) is 2. The lowest BCUT2D eigenvalue weighted by molar-refractivity contribution is -0.126. The van der Waals surface area contributed by atoms with Crippen LogP contribution in [0.5, 0.6) is 0 Å². The van der Waals surface area contributed by atoms with Crippen molar-refractivity contribution < 1.29 is 4.79 Å². The van der Waals surface area contributed by atoms with Gasteiger partial charge in [-0.1, -0.05) is 31.5 Å². The molecule has 0 saturated carbocycles. The topological polar surface area (TPSA) is 55.1 Å². The maximum atomic E-state index is 12.0. The third-order valence-electron chi connectivity index (χ3n) is 3.59. The summed E-state index contributed by atoms with van der Waals surface area (Å²) in [7, 11) is 0. The molecule has 3 N–H and O–H groups in total. The van der Waals surface area contributed by atoms with E-state index < -0.39 is 5.54 Å². The van der Waals surface area contributed by atoms with Crippen molar-refractivity contribution in [3.63, 3.8) is 0 Å². The number of nitrogens with two attached hydrogens (primary N) is 1. The van der Waals surface area contributed by atoms with E-state index in [0.717, 1.165) is 12.8 Å². The molecule has 1 unspecified atom stereocenters. The van der Waals surface area contributed by atoms with Gasteiger partial charge in [0.1, 0.15) is 0 Å². The summed E-state index contributed by atoms with van der Waals surface area (Å²) in [6, 6.07) is 6.27. The lowest BCUT2D eigenvalue weighted by Crippen LogP contribution is -2.51. The Morgan fingerprint density at radius 2 is 1.85 bits per heavy atom. The fourth-order valence-electron chi connectivity index (χ4n) is 2.38. The van der Waals surface area contributed by atoms with E-state index in [1.165, 1.54) is 16.7 Å². The van der Waals surface area contributed by atoms with Crippen molar-refractivity contribution in [1.82, 2.24) is 5.32 Å². The molecule has 4 heteroatoms. The van der Waals surface area contributed by atoms with Gasteiger partial charge in [-0.15, -0.1) is 12.4 Å². The molecule has 20 heavy (non-hydrogen) atoms. The van der Waals surface area contributed by atoms with Crippen molar-refractivity contribution in [2.45, 2.75) is 52.5 Å². The van der Waals surface area contributed by atoms with E-state index in [0.29, 0.717) is 13.0 Å². The van der Waals surface area contributed by atoms with Gasteiger partial charge in [0.05, 0.1) is 5.54 Å². The van der Waals surface area contributed by atoms with Gasteiger partial charge in [0, 0.05) is 6.54 Å². The number of halogens is 1. The summed E-state index contributed by atoms with van der Waals surface area (Å²) in [5, 5.41) is 2.95. The Balaban J connectivity index is 0.00000361. The average molecular weight is 299 g/mol. The summed E-state index contributed by atoms with van der Waals surface area (Å²) in [5.74, 6) is -0.0550. The molecule has 3 nitrogen and oxygen atoms in total. The molecule has 1 rings (SSSR count). The quantitative estimate of drug-likeness (QED) is 0.848. The minimum Gasteiger partial charge on any atom is -0.354 e. The van der Waals surface area contributed by atoms with E-state index >= 15 is 0 Å². The van der Waals surface area contributed by atoms with E-state index in [4.69, 9.17) is 5.73 Å². The van der Waals surface area contributed by atoms with Crippen LogP contribution in [-0.2, 0) is 11.2 Å². The van der Waals surface area contributed by atoms with Gasteiger partial charge in [0.25, 0.3) is 0 Å². The molecule has 0 saturated heterocycles. The summed E-state index contributed by atoms with van der Waals surface area (Å²) in [5.41, 5.74) is 9.11. The van der Waals surface area contributed by atoms with Gasteiger partial charge in [-0.3, -0.25) is 4.79 Å². The molecule has 0 spiro atoms. The number of carbonyl (C=O) groups is 1. The summed E-state index contributed by atoms with van der Waals surface area (Å²) >= 11 is 0. The summed E-state index contributed by atoms with van der Waals surface area (Å²) in [4.78, 5) is 12.0. The number of nitrogens with one attached hydrogen (secondary N) is 1. The lowest BCUT2D eigenvalue weighted by Gasteiger charge is -2.23. The second kappa shape index (κ2) is 8.28. The largest absolute Gasteiger partial charge is 0.354 e. The highest BCUT2D eigenvalue weighted by Crippen LogP contribution is 2.14. The SMILES string of the molecule is CCCC(C)(N)C(=O)NCCc1c(C)cccc1C.Cl. The molecular weight excluding hydrogens is 272 g/mol. The molecule has 0 radical (unpaired) electrons. The number of hydrogen-bond acceptors (Lipinski definition) is 2. The van der Waals surface area contributed by atoms with Crippen molar-refractivity contribution in [3.8, 4) is 0 Å². The zero-order valence-corrected chi connectivity index (χ0v) is 13.8. The third kappa shape index (κ3) is 5.14. The fourth-order valence-corrected chi connectivity index (χ4v) is 2.38. The highest BCUT2D eigenvalue weighted by atomic mass is 35.5. The smallest absolute Gasteiger partial charge is 0.239 e. The fraction of sp³-hybridized carbons (Fsp3) is 0.562. The van der Waals surface area contributed by atoms with Crippen LogP contribution in [0.3, 0.4) is 0 Å². The summed E-state index contributed by atoms with van der Waals surface area (Å²) in [6.07, 6.45) is 2.48. The summed E-state index contributed by atoms with van der Waals surface area (Å²) in [6.45, 7) is 8.68. The Morgan fingerprint density at radius 1 is 1.30 bits per heavy atom. The number of carbonyl (C=O) groups excluding carboxylic acids is 1. The molecule has 114 valence electrons. The van der Waals surface area contributed by atoms with Crippen LogP contribution < -0.4 is 11.1 Å². The van der Waals surface area contributed by atoms with E-state index in [1.807, 2.05) is 6.92 Å². The number of aryl methyl sites for hydroxylation is 2. The van der Waals surface area contributed by atoms with Crippen LogP contribution in [0.1, 0.15) is 43.4 Å². The van der Waals surface area contributed by atoms with Crippen LogP contribution in [0.4, 0.5) is 0 Å². The van der Waals surface area contributed by atoms with E-state index in [2.05, 4.69) is 37.4 Å². The number of amides is 1. The lowest BCUT2D eigenvalue weighted by atomic mass is 9.96. The third-order valence-corrected chi connectivity index (χ3v) is 3.59. The minimum atomic E-state index is -0.754. The molecule has 0 aliphatic heterocycles. The maximum absolute atomic E-state index is 12.0. The van der Waals surface area contributed by atoms with Crippen molar-refractivity contribution in [3.05, 3.63) is 34.9 Å². The zero-order chi connectivity index (χ0) is 14.5. The second-order valence-electron chi connectivity index (χ2n) is 5.54.